The zero-order chi connectivity index (χ0) is 13.0. The molecule has 0 radical (unpaired) electrons. The highest BCUT2D eigenvalue weighted by atomic mass is 32.2. The number of rotatable bonds is 4. The summed E-state index contributed by atoms with van der Waals surface area (Å²) in [6, 6.07) is 0.102. The molecule has 2 aliphatic heterocycles. The molecular formula is C12H25N3O2S. The average Bonchev–Trinajstić information content (AvgIpc) is 2.39. The molecule has 2 saturated heterocycles. The number of piperidine rings is 2. The Hall–Kier alpha value is -0.170. The standard InChI is InChI=1S/C12H25N3O2S/c1-2-15-8-4-5-11(10-15)14-18(16,17)12-6-3-7-13-9-12/h11-14H,2-10H2,1H3. The van der Waals surface area contributed by atoms with Crippen LogP contribution in [-0.4, -0.2) is 57.3 Å². The number of hydrogen-bond acceptors (Lipinski definition) is 4. The van der Waals surface area contributed by atoms with E-state index >= 15 is 0 Å². The van der Waals surface area contributed by atoms with Crippen LogP contribution in [0.4, 0.5) is 0 Å². The molecule has 0 amide bonds. The zero-order valence-corrected chi connectivity index (χ0v) is 12.0. The van der Waals surface area contributed by atoms with Gasteiger partial charge in [-0.2, -0.15) is 0 Å². The first-order chi connectivity index (χ1) is 8.62. The summed E-state index contributed by atoms with van der Waals surface area (Å²) in [4.78, 5) is 2.32. The van der Waals surface area contributed by atoms with Gasteiger partial charge in [-0.15, -0.1) is 0 Å². The van der Waals surface area contributed by atoms with E-state index in [1.807, 2.05) is 0 Å². The number of likely N-dealkylation sites (tertiary alicyclic amines) is 1. The van der Waals surface area contributed by atoms with Crippen molar-refractivity contribution in [1.29, 1.82) is 0 Å². The van der Waals surface area contributed by atoms with Gasteiger partial charge in [-0.3, -0.25) is 0 Å². The van der Waals surface area contributed by atoms with E-state index in [0.717, 1.165) is 51.9 Å². The van der Waals surface area contributed by atoms with Gasteiger partial charge in [-0.05, 0) is 45.3 Å². The molecule has 18 heavy (non-hydrogen) atoms. The Morgan fingerprint density at radius 1 is 1.33 bits per heavy atom. The fraction of sp³-hybridized carbons (Fsp3) is 1.00. The van der Waals surface area contributed by atoms with Crippen molar-refractivity contribution in [3.05, 3.63) is 0 Å². The Bertz CT molecular complexity index is 352. The lowest BCUT2D eigenvalue weighted by molar-refractivity contribution is 0.211. The molecule has 106 valence electrons. The van der Waals surface area contributed by atoms with Crippen LogP contribution in [0.3, 0.4) is 0 Å². The van der Waals surface area contributed by atoms with E-state index in [1.165, 1.54) is 0 Å². The molecule has 0 aliphatic carbocycles. The normalized spacial score (nSPS) is 31.4. The molecular weight excluding hydrogens is 250 g/mol. The number of nitrogens with zero attached hydrogens (tertiary/aromatic N) is 1. The number of hydrogen-bond donors (Lipinski definition) is 2. The molecule has 0 aromatic carbocycles. The van der Waals surface area contributed by atoms with Gasteiger partial charge in [0.15, 0.2) is 0 Å². The van der Waals surface area contributed by atoms with Crippen LogP contribution in [0.5, 0.6) is 0 Å². The molecule has 2 aliphatic rings. The summed E-state index contributed by atoms with van der Waals surface area (Å²) in [5, 5.41) is 2.92. The summed E-state index contributed by atoms with van der Waals surface area (Å²) >= 11 is 0. The van der Waals surface area contributed by atoms with E-state index in [9.17, 15) is 8.42 Å². The zero-order valence-electron chi connectivity index (χ0n) is 11.2. The highest BCUT2D eigenvalue weighted by Gasteiger charge is 2.30. The lowest BCUT2D eigenvalue weighted by Crippen LogP contribution is -2.52. The van der Waals surface area contributed by atoms with Gasteiger partial charge in [0.1, 0.15) is 0 Å². The lowest BCUT2D eigenvalue weighted by atomic mass is 10.1. The molecule has 2 unspecified atom stereocenters. The van der Waals surface area contributed by atoms with E-state index in [1.54, 1.807) is 0 Å². The SMILES string of the molecule is CCN1CCCC(NS(=O)(=O)C2CCCNC2)C1. The maximum atomic E-state index is 12.3. The van der Waals surface area contributed by atoms with Crippen LogP contribution in [0.15, 0.2) is 0 Å². The summed E-state index contributed by atoms with van der Waals surface area (Å²) in [6.45, 7) is 6.62. The molecule has 2 atom stereocenters. The minimum absolute atomic E-state index is 0.102. The summed E-state index contributed by atoms with van der Waals surface area (Å²) in [6.07, 6.45) is 3.80. The van der Waals surface area contributed by atoms with Crippen LogP contribution in [0.2, 0.25) is 0 Å². The fourth-order valence-electron chi connectivity index (χ4n) is 2.85. The maximum absolute atomic E-state index is 12.3. The van der Waals surface area contributed by atoms with Crippen LogP contribution in [0.1, 0.15) is 32.6 Å². The second kappa shape index (κ2) is 6.32. The maximum Gasteiger partial charge on any atom is 0.216 e. The van der Waals surface area contributed by atoms with Gasteiger partial charge in [0.25, 0.3) is 0 Å². The number of likely N-dealkylation sites (N-methyl/N-ethyl adjacent to an activating group) is 1. The van der Waals surface area contributed by atoms with Crippen molar-refractivity contribution < 1.29 is 8.42 Å². The first-order valence-corrected chi connectivity index (χ1v) is 8.60. The van der Waals surface area contributed by atoms with Crippen LogP contribution in [-0.2, 0) is 10.0 Å². The Morgan fingerprint density at radius 3 is 2.83 bits per heavy atom. The predicted molar refractivity (Wildman–Crippen MR) is 73.1 cm³/mol. The second-order valence-electron chi connectivity index (χ2n) is 5.36. The third-order valence-electron chi connectivity index (χ3n) is 3.97. The smallest absolute Gasteiger partial charge is 0.216 e. The first-order valence-electron chi connectivity index (χ1n) is 7.06. The van der Waals surface area contributed by atoms with Gasteiger partial charge in [0, 0.05) is 19.1 Å². The lowest BCUT2D eigenvalue weighted by Gasteiger charge is -2.33. The van der Waals surface area contributed by atoms with Crippen molar-refractivity contribution in [3.8, 4) is 0 Å². The van der Waals surface area contributed by atoms with Gasteiger partial charge in [-0.1, -0.05) is 6.92 Å². The Morgan fingerprint density at radius 2 is 2.17 bits per heavy atom. The summed E-state index contributed by atoms with van der Waals surface area (Å²) in [5.41, 5.74) is 0. The van der Waals surface area contributed by atoms with Crippen molar-refractivity contribution in [2.75, 3.05) is 32.7 Å². The largest absolute Gasteiger partial charge is 0.315 e. The molecule has 0 saturated carbocycles. The monoisotopic (exact) mass is 275 g/mol. The second-order valence-corrected chi connectivity index (χ2v) is 7.36. The number of sulfonamides is 1. The van der Waals surface area contributed by atoms with Crippen LogP contribution in [0.25, 0.3) is 0 Å². The van der Waals surface area contributed by atoms with E-state index in [4.69, 9.17) is 0 Å². The highest BCUT2D eigenvalue weighted by molar-refractivity contribution is 7.90. The Kier molecular flexibility index (Phi) is 5.00. The predicted octanol–water partition coefficient (Wildman–Crippen LogP) is 0.142. The molecule has 2 rings (SSSR count). The summed E-state index contributed by atoms with van der Waals surface area (Å²) < 4.78 is 27.5. The van der Waals surface area contributed by atoms with Crippen molar-refractivity contribution in [2.24, 2.45) is 0 Å². The quantitative estimate of drug-likeness (QED) is 0.766. The van der Waals surface area contributed by atoms with Gasteiger partial charge in [0.05, 0.1) is 5.25 Å². The first kappa shape index (κ1) is 14.2. The molecule has 0 aromatic rings. The Labute approximate surface area is 110 Å². The van der Waals surface area contributed by atoms with E-state index in [0.29, 0.717) is 6.54 Å². The minimum Gasteiger partial charge on any atom is -0.315 e. The van der Waals surface area contributed by atoms with Crippen molar-refractivity contribution >= 4 is 10.0 Å². The van der Waals surface area contributed by atoms with E-state index in [2.05, 4.69) is 21.9 Å². The van der Waals surface area contributed by atoms with Gasteiger partial charge >= 0.3 is 0 Å². The Balaban J connectivity index is 1.90. The molecule has 2 heterocycles. The molecule has 6 heteroatoms. The molecule has 0 aromatic heterocycles. The molecule has 2 fully saturated rings. The summed E-state index contributed by atoms with van der Waals surface area (Å²) in [7, 11) is -3.15. The molecule has 5 nitrogen and oxygen atoms in total. The highest BCUT2D eigenvalue weighted by Crippen LogP contribution is 2.15. The number of nitrogens with one attached hydrogen (secondary N) is 2. The third kappa shape index (κ3) is 3.66. The fourth-order valence-corrected chi connectivity index (χ4v) is 4.52. The van der Waals surface area contributed by atoms with Crippen molar-refractivity contribution in [2.45, 2.75) is 43.9 Å². The van der Waals surface area contributed by atoms with Gasteiger partial charge < -0.3 is 10.2 Å². The van der Waals surface area contributed by atoms with E-state index in [-0.39, 0.29) is 11.3 Å². The average molecular weight is 275 g/mol. The molecule has 0 bridgehead atoms. The molecule has 2 N–H and O–H groups in total. The third-order valence-corrected chi connectivity index (χ3v) is 5.92. The van der Waals surface area contributed by atoms with Crippen LogP contribution < -0.4 is 10.0 Å². The van der Waals surface area contributed by atoms with Crippen LogP contribution in [0, 0.1) is 0 Å². The van der Waals surface area contributed by atoms with Crippen LogP contribution >= 0.6 is 0 Å². The van der Waals surface area contributed by atoms with Gasteiger partial charge in [0.2, 0.25) is 10.0 Å². The summed E-state index contributed by atoms with van der Waals surface area (Å²) in [5.74, 6) is 0. The van der Waals surface area contributed by atoms with Gasteiger partial charge in [-0.25, -0.2) is 13.1 Å². The van der Waals surface area contributed by atoms with Crippen molar-refractivity contribution in [3.63, 3.8) is 0 Å². The topological polar surface area (TPSA) is 61.4 Å². The minimum atomic E-state index is -3.15. The van der Waals surface area contributed by atoms with Crippen molar-refractivity contribution in [1.82, 2.24) is 14.9 Å². The molecule has 0 spiro atoms. The van der Waals surface area contributed by atoms with E-state index < -0.39 is 10.0 Å².